The van der Waals surface area contributed by atoms with E-state index in [0.717, 1.165) is 5.69 Å². The van der Waals surface area contributed by atoms with Crippen LogP contribution in [0.3, 0.4) is 0 Å². The molecule has 0 saturated heterocycles. The highest BCUT2D eigenvalue weighted by Gasteiger charge is 2.26. The number of rotatable bonds is 3. The third kappa shape index (κ3) is 5.20. The average Bonchev–Trinajstić information content (AvgIpc) is 2.44. The van der Waals surface area contributed by atoms with Crippen LogP contribution in [0.25, 0.3) is 0 Å². The molecule has 0 heterocycles. The average molecular weight is 324 g/mol. The second-order valence-corrected chi connectivity index (χ2v) is 7.51. The van der Waals surface area contributed by atoms with Crippen molar-refractivity contribution in [2.45, 2.75) is 58.5 Å². The molecule has 1 fully saturated rings. The van der Waals surface area contributed by atoms with Crippen LogP contribution in [0.5, 0.6) is 0 Å². The van der Waals surface area contributed by atoms with Gasteiger partial charge in [0.05, 0.1) is 0 Å². The van der Waals surface area contributed by atoms with Crippen molar-refractivity contribution in [1.82, 2.24) is 0 Å². The van der Waals surface area contributed by atoms with E-state index in [4.69, 9.17) is 16.3 Å². The molecule has 3 nitrogen and oxygen atoms in total. The van der Waals surface area contributed by atoms with Gasteiger partial charge in [-0.2, -0.15) is 0 Å². The first-order valence-corrected chi connectivity index (χ1v) is 8.49. The topological polar surface area (TPSA) is 29.5 Å². The van der Waals surface area contributed by atoms with Crippen LogP contribution in [0.4, 0.5) is 10.5 Å². The van der Waals surface area contributed by atoms with Crippen LogP contribution in [0.15, 0.2) is 24.3 Å². The monoisotopic (exact) mass is 323 g/mol. The Morgan fingerprint density at radius 1 is 1.27 bits per heavy atom. The number of anilines is 1. The van der Waals surface area contributed by atoms with E-state index in [1.807, 2.05) is 45.0 Å². The van der Waals surface area contributed by atoms with Crippen molar-refractivity contribution in [2.24, 2.45) is 5.92 Å². The van der Waals surface area contributed by atoms with Gasteiger partial charge in [0.1, 0.15) is 5.60 Å². The molecule has 1 amide bonds. The van der Waals surface area contributed by atoms with Crippen LogP contribution in [-0.4, -0.2) is 18.2 Å². The minimum absolute atomic E-state index is 0.291. The molecule has 0 bridgehead atoms. The second-order valence-electron chi connectivity index (χ2n) is 7.07. The maximum absolute atomic E-state index is 12.6. The maximum Gasteiger partial charge on any atom is 0.414 e. The van der Waals surface area contributed by atoms with Gasteiger partial charge < -0.3 is 4.74 Å². The Bertz CT molecular complexity index is 504. The lowest BCUT2D eigenvalue weighted by Crippen LogP contribution is -2.40. The Kier molecular flexibility index (Phi) is 5.74. The van der Waals surface area contributed by atoms with Crippen LogP contribution in [0.2, 0.25) is 5.02 Å². The first-order valence-electron chi connectivity index (χ1n) is 8.11. The number of halogens is 1. The number of nitrogens with zero attached hydrogens (tertiary/aromatic N) is 1. The fourth-order valence-corrected chi connectivity index (χ4v) is 3.06. The van der Waals surface area contributed by atoms with Gasteiger partial charge in [-0.05, 0) is 57.7 Å². The van der Waals surface area contributed by atoms with Crippen LogP contribution in [0, 0.1) is 5.92 Å². The zero-order chi connectivity index (χ0) is 16.2. The summed E-state index contributed by atoms with van der Waals surface area (Å²) in [6, 6.07) is 7.43. The Labute approximate surface area is 138 Å². The SMILES string of the molecule is CC(C)(C)OC(=O)N(CC1CCCCC1)c1cccc(Cl)c1. The van der Waals surface area contributed by atoms with E-state index >= 15 is 0 Å². The number of carbonyl (C=O) groups is 1. The smallest absolute Gasteiger partial charge is 0.414 e. The molecule has 0 atom stereocenters. The van der Waals surface area contributed by atoms with E-state index in [1.165, 1.54) is 32.1 Å². The van der Waals surface area contributed by atoms with E-state index in [1.54, 1.807) is 4.90 Å². The summed E-state index contributed by atoms with van der Waals surface area (Å²) in [4.78, 5) is 14.3. The number of ether oxygens (including phenoxy) is 1. The van der Waals surface area contributed by atoms with Gasteiger partial charge in [-0.15, -0.1) is 0 Å². The molecule has 4 heteroatoms. The van der Waals surface area contributed by atoms with Crippen LogP contribution < -0.4 is 4.90 Å². The Morgan fingerprint density at radius 2 is 1.95 bits per heavy atom. The van der Waals surface area contributed by atoms with Gasteiger partial charge in [-0.3, -0.25) is 4.90 Å². The molecular weight excluding hydrogens is 298 g/mol. The first kappa shape index (κ1) is 17.1. The summed E-state index contributed by atoms with van der Waals surface area (Å²) in [6.07, 6.45) is 5.88. The van der Waals surface area contributed by atoms with Crippen molar-refractivity contribution < 1.29 is 9.53 Å². The van der Waals surface area contributed by atoms with Gasteiger partial charge in [0.25, 0.3) is 0 Å². The lowest BCUT2D eigenvalue weighted by molar-refractivity contribution is 0.0572. The molecule has 1 saturated carbocycles. The van der Waals surface area contributed by atoms with E-state index in [2.05, 4.69) is 0 Å². The lowest BCUT2D eigenvalue weighted by atomic mass is 9.89. The van der Waals surface area contributed by atoms with Gasteiger partial charge in [0, 0.05) is 17.3 Å². The van der Waals surface area contributed by atoms with Gasteiger partial charge >= 0.3 is 6.09 Å². The summed E-state index contributed by atoms with van der Waals surface area (Å²) in [5.74, 6) is 0.542. The fraction of sp³-hybridized carbons (Fsp3) is 0.611. The number of hydrogen-bond acceptors (Lipinski definition) is 2. The lowest BCUT2D eigenvalue weighted by Gasteiger charge is -2.31. The van der Waals surface area contributed by atoms with Crippen molar-refractivity contribution in [1.29, 1.82) is 0 Å². The largest absolute Gasteiger partial charge is 0.443 e. The summed E-state index contributed by atoms with van der Waals surface area (Å²) < 4.78 is 5.58. The van der Waals surface area contributed by atoms with Crippen molar-refractivity contribution in [3.63, 3.8) is 0 Å². The molecule has 1 aromatic carbocycles. The molecule has 0 spiro atoms. The first-order chi connectivity index (χ1) is 10.3. The van der Waals surface area contributed by atoms with Gasteiger partial charge in [-0.1, -0.05) is 36.9 Å². The molecule has 0 unspecified atom stereocenters. The molecule has 0 radical (unpaired) electrons. The summed E-state index contributed by atoms with van der Waals surface area (Å²) in [5, 5.41) is 0.634. The quantitative estimate of drug-likeness (QED) is 0.718. The zero-order valence-corrected chi connectivity index (χ0v) is 14.5. The summed E-state index contributed by atoms with van der Waals surface area (Å²) in [7, 11) is 0. The van der Waals surface area contributed by atoms with E-state index in [0.29, 0.717) is 17.5 Å². The molecule has 1 aliphatic carbocycles. The molecule has 122 valence electrons. The second kappa shape index (κ2) is 7.36. The van der Waals surface area contributed by atoms with Crippen molar-refractivity contribution in [3.8, 4) is 0 Å². The Morgan fingerprint density at radius 3 is 2.55 bits per heavy atom. The minimum Gasteiger partial charge on any atom is -0.443 e. The Hall–Kier alpha value is -1.22. The summed E-state index contributed by atoms with van der Waals surface area (Å²) in [5.41, 5.74) is 0.313. The third-order valence-electron chi connectivity index (χ3n) is 3.90. The molecule has 0 aliphatic heterocycles. The number of carbonyl (C=O) groups excluding carboxylic acids is 1. The van der Waals surface area contributed by atoms with Gasteiger partial charge in [0.2, 0.25) is 0 Å². The van der Waals surface area contributed by atoms with Crippen molar-refractivity contribution >= 4 is 23.4 Å². The predicted octanol–water partition coefficient (Wildman–Crippen LogP) is 5.66. The van der Waals surface area contributed by atoms with Crippen molar-refractivity contribution in [2.75, 3.05) is 11.4 Å². The molecular formula is C18H26ClNO2. The highest BCUT2D eigenvalue weighted by atomic mass is 35.5. The zero-order valence-electron chi connectivity index (χ0n) is 13.8. The molecule has 22 heavy (non-hydrogen) atoms. The van der Waals surface area contributed by atoms with Crippen LogP contribution >= 0.6 is 11.6 Å². The van der Waals surface area contributed by atoms with Crippen LogP contribution in [-0.2, 0) is 4.74 Å². The standard InChI is InChI=1S/C18H26ClNO2/c1-18(2,3)22-17(21)20(13-14-8-5-4-6-9-14)16-11-7-10-15(19)12-16/h7,10-12,14H,4-6,8-9,13H2,1-3H3. The maximum atomic E-state index is 12.6. The molecule has 1 aromatic rings. The number of benzene rings is 1. The Balaban J connectivity index is 2.17. The van der Waals surface area contributed by atoms with Crippen LogP contribution in [0.1, 0.15) is 52.9 Å². The fourth-order valence-electron chi connectivity index (χ4n) is 2.87. The molecule has 0 aromatic heterocycles. The number of hydrogen-bond donors (Lipinski definition) is 0. The highest BCUT2D eigenvalue weighted by Crippen LogP contribution is 2.28. The minimum atomic E-state index is -0.500. The predicted molar refractivity (Wildman–Crippen MR) is 91.6 cm³/mol. The molecule has 0 N–H and O–H groups in total. The molecule has 1 aliphatic rings. The van der Waals surface area contributed by atoms with Gasteiger partial charge in [-0.25, -0.2) is 4.79 Å². The summed E-state index contributed by atoms with van der Waals surface area (Å²) >= 11 is 6.09. The van der Waals surface area contributed by atoms with E-state index < -0.39 is 5.60 Å². The van der Waals surface area contributed by atoms with E-state index in [9.17, 15) is 4.79 Å². The summed E-state index contributed by atoms with van der Waals surface area (Å²) in [6.45, 7) is 6.38. The molecule has 2 rings (SSSR count). The van der Waals surface area contributed by atoms with E-state index in [-0.39, 0.29) is 6.09 Å². The van der Waals surface area contributed by atoms with Crippen molar-refractivity contribution in [3.05, 3.63) is 29.3 Å². The number of amides is 1. The van der Waals surface area contributed by atoms with Gasteiger partial charge in [0.15, 0.2) is 0 Å². The third-order valence-corrected chi connectivity index (χ3v) is 4.13. The normalized spacial score (nSPS) is 16.4. The highest BCUT2D eigenvalue weighted by molar-refractivity contribution is 6.30.